The van der Waals surface area contributed by atoms with Gasteiger partial charge in [0, 0.05) is 23.4 Å². The second-order valence-electron chi connectivity index (χ2n) is 7.38. The summed E-state index contributed by atoms with van der Waals surface area (Å²) in [4.78, 5) is 17.2. The van der Waals surface area contributed by atoms with E-state index in [2.05, 4.69) is 42.3 Å². The van der Waals surface area contributed by atoms with E-state index in [-0.39, 0.29) is 17.9 Å². The van der Waals surface area contributed by atoms with Crippen molar-refractivity contribution in [1.82, 2.24) is 10.3 Å². The molecule has 3 rings (SSSR count). The zero-order chi connectivity index (χ0) is 18.4. The number of carbonyl (C=O) groups is 1. The summed E-state index contributed by atoms with van der Waals surface area (Å²) >= 11 is 0. The maximum Gasteiger partial charge on any atom is 0.223 e. The van der Waals surface area contributed by atoms with E-state index >= 15 is 0 Å². The Bertz CT molecular complexity index is 720. The van der Waals surface area contributed by atoms with Crippen LogP contribution in [-0.4, -0.2) is 30.1 Å². The summed E-state index contributed by atoms with van der Waals surface area (Å²) in [5.41, 5.74) is 2.31. The number of ether oxygens (including phenoxy) is 1. The van der Waals surface area contributed by atoms with Crippen molar-refractivity contribution in [1.29, 1.82) is 0 Å². The van der Waals surface area contributed by atoms with Gasteiger partial charge in [-0.15, -0.1) is 0 Å². The van der Waals surface area contributed by atoms with Crippen LogP contribution in [0.4, 0.5) is 0 Å². The fourth-order valence-corrected chi connectivity index (χ4v) is 3.98. The quantitative estimate of drug-likeness (QED) is 0.776. The van der Waals surface area contributed by atoms with E-state index in [4.69, 9.17) is 4.74 Å². The number of nitrogens with one attached hydrogen (secondary N) is 1. The topological polar surface area (TPSA) is 51.2 Å². The Morgan fingerprint density at radius 3 is 2.73 bits per heavy atom. The number of carbonyl (C=O) groups excluding carboxylic acids is 1. The van der Waals surface area contributed by atoms with Gasteiger partial charge in [0.05, 0.1) is 24.8 Å². The molecule has 0 bridgehead atoms. The maximum atomic E-state index is 12.7. The second-order valence-corrected chi connectivity index (χ2v) is 7.38. The summed E-state index contributed by atoms with van der Waals surface area (Å²) in [6, 6.07) is 10.4. The van der Waals surface area contributed by atoms with Gasteiger partial charge in [0.25, 0.3) is 0 Å². The van der Waals surface area contributed by atoms with Crippen LogP contribution < -0.4 is 5.32 Å². The van der Waals surface area contributed by atoms with Gasteiger partial charge in [-0.1, -0.05) is 44.9 Å². The van der Waals surface area contributed by atoms with Crippen molar-refractivity contribution in [3.05, 3.63) is 42.1 Å². The lowest BCUT2D eigenvalue weighted by molar-refractivity contribution is -0.126. The van der Waals surface area contributed by atoms with Crippen LogP contribution in [0.15, 0.2) is 36.5 Å². The van der Waals surface area contributed by atoms with Gasteiger partial charge in [0.15, 0.2) is 0 Å². The molecule has 1 aromatic heterocycles. The van der Waals surface area contributed by atoms with Crippen LogP contribution >= 0.6 is 0 Å². The van der Waals surface area contributed by atoms with E-state index < -0.39 is 0 Å². The summed E-state index contributed by atoms with van der Waals surface area (Å²) in [5.74, 6) is 0.649. The third-order valence-corrected chi connectivity index (χ3v) is 5.39. The third-order valence-electron chi connectivity index (χ3n) is 5.39. The molecule has 1 amide bonds. The molecule has 1 fully saturated rings. The van der Waals surface area contributed by atoms with Gasteiger partial charge in [-0.3, -0.25) is 9.78 Å². The molecule has 4 heteroatoms. The standard InChI is InChI=1S/C22H30N2O2/c1-3-7-16(8-4-2)22(25)24-21-15-26-14-18(21)13-17-11-12-23-20-10-6-5-9-19(17)20/h5-6,9-12,16,18,21H,3-4,7-8,13-15H2,1-2H3,(H,24,25)/t18-,21-/m1/s1. The normalized spacial score (nSPS) is 20.0. The summed E-state index contributed by atoms with van der Waals surface area (Å²) < 4.78 is 5.72. The molecule has 4 nitrogen and oxygen atoms in total. The molecule has 2 heterocycles. The highest BCUT2D eigenvalue weighted by molar-refractivity contribution is 5.82. The largest absolute Gasteiger partial charge is 0.379 e. The number of nitrogens with zero attached hydrogens (tertiary/aromatic N) is 1. The summed E-state index contributed by atoms with van der Waals surface area (Å²) in [6.07, 6.45) is 6.80. The number of rotatable bonds is 8. The van der Waals surface area contributed by atoms with Crippen LogP contribution in [0.5, 0.6) is 0 Å². The average Bonchev–Trinajstić information content (AvgIpc) is 3.08. The molecule has 26 heavy (non-hydrogen) atoms. The average molecular weight is 354 g/mol. The van der Waals surface area contributed by atoms with E-state index in [9.17, 15) is 4.79 Å². The van der Waals surface area contributed by atoms with Crippen molar-refractivity contribution < 1.29 is 9.53 Å². The van der Waals surface area contributed by atoms with Gasteiger partial charge in [-0.2, -0.15) is 0 Å². The fourth-order valence-electron chi connectivity index (χ4n) is 3.98. The van der Waals surface area contributed by atoms with Gasteiger partial charge in [0.1, 0.15) is 0 Å². The molecule has 1 aliphatic rings. The highest BCUT2D eigenvalue weighted by Crippen LogP contribution is 2.25. The van der Waals surface area contributed by atoms with Gasteiger partial charge in [-0.05, 0) is 37.0 Å². The van der Waals surface area contributed by atoms with Gasteiger partial charge in [-0.25, -0.2) is 0 Å². The number of pyridine rings is 1. The van der Waals surface area contributed by atoms with Crippen molar-refractivity contribution in [3.63, 3.8) is 0 Å². The predicted octanol–water partition coefficient (Wildman–Crippen LogP) is 4.12. The number of amides is 1. The van der Waals surface area contributed by atoms with E-state index in [1.807, 2.05) is 18.3 Å². The highest BCUT2D eigenvalue weighted by Gasteiger charge is 2.31. The molecule has 140 valence electrons. The Labute approximate surface area is 156 Å². The van der Waals surface area contributed by atoms with E-state index in [1.54, 1.807) is 0 Å². The monoisotopic (exact) mass is 354 g/mol. The van der Waals surface area contributed by atoms with E-state index in [0.717, 1.165) is 37.6 Å². The molecule has 0 spiro atoms. The molecule has 1 saturated heterocycles. The number of hydrogen-bond acceptors (Lipinski definition) is 3. The number of para-hydroxylation sites is 1. The first-order valence-electron chi connectivity index (χ1n) is 9.93. The third kappa shape index (κ3) is 4.42. The van der Waals surface area contributed by atoms with Crippen LogP contribution in [-0.2, 0) is 16.0 Å². The maximum absolute atomic E-state index is 12.7. The number of fused-ring (bicyclic) bond motifs is 1. The van der Waals surface area contributed by atoms with Crippen molar-refractivity contribution in [2.75, 3.05) is 13.2 Å². The molecular weight excluding hydrogens is 324 g/mol. The van der Waals surface area contributed by atoms with Gasteiger partial charge >= 0.3 is 0 Å². The van der Waals surface area contributed by atoms with Gasteiger partial charge in [0.2, 0.25) is 5.91 Å². The van der Waals surface area contributed by atoms with Crippen molar-refractivity contribution >= 4 is 16.8 Å². The summed E-state index contributed by atoms with van der Waals surface area (Å²) in [7, 11) is 0. The molecule has 1 aromatic carbocycles. The highest BCUT2D eigenvalue weighted by atomic mass is 16.5. The van der Waals surface area contributed by atoms with Crippen molar-refractivity contribution in [3.8, 4) is 0 Å². The molecule has 0 unspecified atom stereocenters. The van der Waals surface area contributed by atoms with Crippen molar-refractivity contribution in [2.24, 2.45) is 11.8 Å². The van der Waals surface area contributed by atoms with E-state index in [0.29, 0.717) is 19.1 Å². The number of aromatic nitrogens is 1. The molecular formula is C22H30N2O2. The lowest BCUT2D eigenvalue weighted by Crippen LogP contribution is -2.43. The SMILES string of the molecule is CCCC(CCC)C(=O)N[C@@H]1COC[C@H]1Cc1ccnc2ccccc12. The Balaban J connectivity index is 1.69. The Hall–Kier alpha value is -1.94. The minimum Gasteiger partial charge on any atom is -0.379 e. The zero-order valence-corrected chi connectivity index (χ0v) is 15.9. The lowest BCUT2D eigenvalue weighted by atomic mass is 9.91. The molecule has 0 aliphatic carbocycles. The first kappa shape index (κ1) is 18.8. The lowest BCUT2D eigenvalue weighted by Gasteiger charge is -2.23. The Morgan fingerprint density at radius 1 is 1.19 bits per heavy atom. The van der Waals surface area contributed by atoms with E-state index in [1.165, 1.54) is 10.9 Å². The Kier molecular flexibility index (Phi) is 6.62. The van der Waals surface area contributed by atoms with Crippen LogP contribution in [0, 0.1) is 11.8 Å². The number of hydrogen-bond donors (Lipinski definition) is 1. The van der Waals surface area contributed by atoms with Crippen LogP contribution in [0.3, 0.4) is 0 Å². The fraction of sp³-hybridized carbons (Fsp3) is 0.545. The molecule has 2 aromatic rings. The smallest absolute Gasteiger partial charge is 0.223 e. The summed E-state index contributed by atoms with van der Waals surface area (Å²) in [5, 5.41) is 4.48. The first-order valence-corrected chi connectivity index (χ1v) is 9.93. The molecule has 1 N–H and O–H groups in total. The molecule has 0 saturated carbocycles. The van der Waals surface area contributed by atoms with Crippen molar-refractivity contribution in [2.45, 2.75) is 52.0 Å². The van der Waals surface area contributed by atoms with Crippen LogP contribution in [0.1, 0.15) is 45.1 Å². The predicted molar refractivity (Wildman–Crippen MR) is 105 cm³/mol. The minimum absolute atomic E-state index is 0.102. The second kappa shape index (κ2) is 9.13. The van der Waals surface area contributed by atoms with Crippen LogP contribution in [0.25, 0.3) is 10.9 Å². The first-order chi connectivity index (χ1) is 12.7. The van der Waals surface area contributed by atoms with Gasteiger partial charge < -0.3 is 10.1 Å². The minimum atomic E-state index is 0.102. The molecule has 0 radical (unpaired) electrons. The zero-order valence-electron chi connectivity index (χ0n) is 15.9. The molecule has 1 aliphatic heterocycles. The number of benzene rings is 1. The van der Waals surface area contributed by atoms with Crippen LogP contribution in [0.2, 0.25) is 0 Å². The Morgan fingerprint density at radius 2 is 1.96 bits per heavy atom. The molecule has 2 atom stereocenters. The summed E-state index contributed by atoms with van der Waals surface area (Å²) in [6.45, 7) is 5.61.